The van der Waals surface area contributed by atoms with Gasteiger partial charge < -0.3 is 26.2 Å². The Labute approximate surface area is 137 Å². The molecular weight excluding hydrogens is 322 g/mol. The average molecular weight is 341 g/mol. The molecule has 3 atom stereocenters. The van der Waals surface area contributed by atoms with Gasteiger partial charge in [-0.2, -0.15) is 0 Å². The Hall–Kier alpha value is -1.84. The molecule has 0 aromatic rings. The summed E-state index contributed by atoms with van der Waals surface area (Å²) in [5.74, 6) is -2.45. The largest absolute Gasteiger partial charge is 0.477 e. The molecule has 0 saturated carbocycles. The summed E-state index contributed by atoms with van der Waals surface area (Å²) in [4.78, 5) is 36.6. The summed E-state index contributed by atoms with van der Waals surface area (Å²) < 4.78 is 0. The quantitative estimate of drug-likeness (QED) is 0.352. The van der Waals surface area contributed by atoms with Crippen LogP contribution in [0.5, 0.6) is 0 Å². The fraction of sp³-hybridized carbons (Fsp3) is 0.500. The molecule has 23 heavy (non-hydrogen) atoms. The van der Waals surface area contributed by atoms with Gasteiger partial charge in [-0.1, -0.05) is 11.8 Å². The number of amides is 2. The molecule has 2 heterocycles. The third-order valence-electron chi connectivity index (χ3n) is 3.76. The van der Waals surface area contributed by atoms with Gasteiger partial charge in [0, 0.05) is 30.5 Å². The van der Waals surface area contributed by atoms with Crippen molar-refractivity contribution in [2.45, 2.75) is 25.5 Å². The summed E-state index contributed by atoms with van der Waals surface area (Å²) in [6.07, 6.45) is 0.833. The summed E-state index contributed by atoms with van der Waals surface area (Å²) in [6.45, 7) is 2.21. The number of nitrogens with zero attached hydrogens (tertiary/aromatic N) is 1. The van der Waals surface area contributed by atoms with Gasteiger partial charge in [0.05, 0.1) is 18.1 Å². The van der Waals surface area contributed by atoms with Crippen LogP contribution in [0.25, 0.3) is 0 Å². The first kappa shape index (κ1) is 17.5. The Kier molecular flexibility index (Phi) is 5.45. The van der Waals surface area contributed by atoms with E-state index in [1.165, 1.54) is 23.3 Å². The molecule has 1 fully saturated rings. The summed E-state index contributed by atoms with van der Waals surface area (Å²) in [5, 5.41) is 23.0. The molecule has 0 spiro atoms. The fourth-order valence-electron chi connectivity index (χ4n) is 2.77. The topological polar surface area (TPSA) is 133 Å². The lowest BCUT2D eigenvalue weighted by atomic mass is 9.83. The SMILES string of the molecule is C[C@H](O)[C@@H]1C(=O)N2C(C(=O)O)=C(SC=CC(=O)NCCN)C[C@H]12. The van der Waals surface area contributed by atoms with Crippen molar-refractivity contribution in [3.8, 4) is 0 Å². The van der Waals surface area contributed by atoms with Crippen molar-refractivity contribution in [3.05, 3.63) is 22.1 Å². The number of aliphatic hydroxyl groups is 1. The standard InChI is InChI=1S/C14H19N3O5S/c1-7(18)11-8-6-9(12(14(21)22)17(8)13(11)20)23-5-2-10(19)16-4-3-15/h2,5,7-8,11,18H,3-4,6,15H2,1H3,(H,16,19)(H,21,22)/t7-,8+,11-/m0/s1. The van der Waals surface area contributed by atoms with Crippen molar-refractivity contribution < 1.29 is 24.6 Å². The van der Waals surface area contributed by atoms with E-state index >= 15 is 0 Å². The van der Waals surface area contributed by atoms with Crippen molar-refractivity contribution in [2.24, 2.45) is 11.7 Å². The molecule has 2 amide bonds. The maximum absolute atomic E-state index is 12.0. The smallest absolute Gasteiger partial charge is 0.353 e. The van der Waals surface area contributed by atoms with Crippen LogP contribution in [0.2, 0.25) is 0 Å². The fourth-order valence-corrected chi connectivity index (χ4v) is 3.69. The molecule has 0 aliphatic carbocycles. The van der Waals surface area contributed by atoms with E-state index in [4.69, 9.17) is 5.73 Å². The van der Waals surface area contributed by atoms with E-state index in [-0.39, 0.29) is 23.6 Å². The molecule has 1 saturated heterocycles. The van der Waals surface area contributed by atoms with Gasteiger partial charge in [-0.3, -0.25) is 9.59 Å². The molecule has 0 radical (unpaired) electrons. The molecule has 5 N–H and O–H groups in total. The molecule has 0 aromatic carbocycles. The van der Waals surface area contributed by atoms with Gasteiger partial charge in [0.2, 0.25) is 11.8 Å². The van der Waals surface area contributed by atoms with E-state index in [1.807, 2.05) is 0 Å². The second-order valence-corrected chi connectivity index (χ2v) is 6.32. The Morgan fingerprint density at radius 3 is 2.83 bits per heavy atom. The lowest BCUT2D eigenvalue weighted by Crippen LogP contribution is -2.61. The number of carboxylic acid groups (broad SMARTS) is 1. The molecule has 0 bridgehead atoms. The van der Waals surface area contributed by atoms with Crippen LogP contribution in [0.15, 0.2) is 22.1 Å². The number of nitrogens with two attached hydrogens (primary N) is 1. The van der Waals surface area contributed by atoms with E-state index in [1.54, 1.807) is 0 Å². The van der Waals surface area contributed by atoms with Crippen LogP contribution in [0.3, 0.4) is 0 Å². The molecule has 2 aliphatic rings. The molecule has 0 unspecified atom stereocenters. The van der Waals surface area contributed by atoms with Crippen molar-refractivity contribution in [1.82, 2.24) is 10.2 Å². The Morgan fingerprint density at radius 1 is 1.57 bits per heavy atom. The number of aliphatic carboxylic acids is 1. The van der Waals surface area contributed by atoms with Gasteiger partial charge in [-0.15, -0.1) is 0 Å². The first-order valence-electron chi connectivity index (χ1n) is 7.17. The number of β-lactam (4-membered cyclic amide) rings is 1. The summed E-state index contributed by atoms with van der Waals surface area (Å²) in [7, 11) is 0. The van der Waals surface area contributed by atoms with Crippen molar-refractivity contribution in [2.75, 3.05) is 13.1 Å². The zero-order valence-electron chi connectivity index (χ0n) is 12.6. The maximum Gasteiger partial charge on any atom is 0.353 e. The Morgan fingerprint density at radius 2 is 2.26 bits per heavy atom. The maximum atomic E-state index is 12.0. The van der Waals surface area contributed by atoms with Crippen molar-refractivity contribution in [3.63, 3.8) is 0 Å². The van der Waals surface area contributed by atoms with Crippen LogP contribution in [0.4, 0.5) is 0 Å². The number of thioether (sulfide) groups is 1. The van der Waals surface area contributed by atoms with Gasteiger partial charge in [0.15, 0.2) is 0 Å². The summed E-state index contributed by atoms with van der Waals surface area (Å²) >= 11 is 1.10. The van der Waals surface area contributed by atoms with Gasteiger partial charge >= 0.3 is 5.97 Å². The van der Waals surface area contributed by atoms with Gasteiger partial charge in [0.25, 0.3) is 0 Å². The minimum absolute atomic E-state index is 0.0612. The number of fused-ring (bicyclic) bond motifs is 1. The number of carbonyl (C=O) groups excluding carboxylic acids is 2. The minimum Gasteiger partial charge on any atom is -0.477 e. The van der Waals surface area contributed by atoms with E-state index in [0.717, 1.165) is 11.8 Å². The zero-order chi connectivity index (χ0) is 17.1. The Balaban J connectivity index is 2.06. The molecule has 9 heteroatoms. The van der Waals surface area contributed by atoms with E-state index in [2.05, 4.69) is 5.32 Å². The predicted molar refractivity (Wildman–Crippen MR) is 83.9 cm³/mol. The number of hydrogen-bond acceptors (Lipinski definition) is 6. The highest BCUT2D eigenvalue weighted by Crippen LogP contribution is 2.47. The molecular formula is C14H19N3O5S. The number of nitrogens with one attached hydrogen (secondary N) is 1. The van der Waals surface area contributed by atoms with Crippen LogP contribution >= 0.6 is 11.8 Å². The summed E-state index contributed by atoms with van der Waals surface area (Å²) in [5.41, 5.74) is 5.21. The molecule has 126 valence electrons. The monoisotopic (exact) mass is 341 g/mol. The highest BCUT2D eigenvalue weighted by Gasteiger charge is 2.56. The summed E-state index contributed by atoms with van der Waals surface area (Å²) in [6, 6.07) is -0.324. The van der Waals surface area contributed by atoms with Crippen LogP contribution in [0, 0.1) is 5.92 Å². The lowest BCUT2D eigenvalue weighted by Gasteiger charge is -2.44. The second-order valence-electron chi connectivity index (χ2n) is 5.32. The Bertz CT molecular complexity index is 587. The van der Waals surface area contributed by atoms with Gasteiger partial charge in [0.1, 0.15) is 5.70 Å². The van der Waals surface area contributed by atoms with E-state index < -0.39 is 18.0 Å². The zero-order valence-corrected chi connectivity index (χ0v) is 13.4. The van der Waals surface area contributed by atoms with Gasteiger partial charge in [-0.25, -0.2) is 4.79 Å². The number of rotatable bonds is 7. The normalized spacial score (nSPS) is 24.7. The first-order chi connectivity index (χ1) is 10.9. The molecule has 0 aromatic heterocycles. The number of hydrogen-bond donors (Lipinski definition) is 4. The van der Waals surface area contributed by atoms with E-state index in [9.17, 15) is 24.6 Å². The van der Waals surface area contributed by atoms with Crippen LogP contribution < -0.4 is 11.1 Å². The average Bonchev–Trinajstić information content (AvgIpc) is 2.79. The molecule has 2 aliphatic heterocycles. The highest BCUT2D eigenvalue weighted by atomic mass is 32.2. The van der Waals surface area contributed by atoms with Crippen molar-refractivity contribution >= 4 is 29.5 Å². The second kappa shape index (κ2) is 7.16. The lowest BCUT2D eigenvalue weighted by molar-refractivity contribution is -0.161. The van der Waals surface area contributed by atoms with Crippen LogP contribution in [0.1, 0.15) is 13.3 Å². The highest BCUT2D eigenvalue weighted by molar-refractivity contribution is 8.05. The number of carbonyl (C=O) groups is 3. The first-order valence-corrected chi connectivity index (χ1v) is 8.05. The molecule has 2 rings (SSSR count). The third-order valence-corrected chi connectivity index (χ3v) is 4.68. The number of carboxylic acids is 1. The molecule has 8 nitrogen and oxygen atoms in total. The van der Waals surface area contributed by atoms with Crippen LogP contribution in [-0.2, 0) is 14.4 Å². The number of aliphatic hydroxyl groups excluding tert-OH is 1. The van der Waals surface area contributed by atoms with E-state index in [0.29, 0.717) is 24.4 Å². The third kappa shape index (κ3) is 3.41. The van der Waals surface area contributed by atoms with Gasteiger partial charge in [-0.05, 0) is 12.3 Å². The predicted octanol–water partition coefficient (Wildman–Crippen LogP) is -0.784. The minimum atomic E-state index is -1.19. The van der Waals surface area contributed by atoms with Crippen molar-refractivity contribution in [1.29, 1.82) is 0 Å². The van der Waals surface area contributed by atoms with Crippen LogP contribution in [-0.4, -0.2) is 58.1 Å².